The molecule has 1 aromatic rings. The summed E-state index contributed by atoms with van der Waals surface area (Å²) in [4.78, 5) is 4.08. The predicted molar refractivity (Wildman–Crippen MR) is 65.8 cm³/mol. The highest BCUT2D eigenvalue weighted by atomic mass is 32.2. The van der Waals surface area contributed by atoms with E-state index in [1.807, 2.05) is 12.5 Å². The first-order valence-corrected chi connectivity index (χ1v) is 7.87. The zero-order chi connectivity index (χ0) is 9.97. The van der Waals surface area contributed by atoms with Gasteiger partial charge < -0.3 is 4.57 Å². The van der Waals surface area contributed by atoms with E-state index in [-0.39, 0.29) is 0 Å². The van der Waals surface area contributed by atoms with E-state index in [2.05, 4.69) is 40.7 Å². The van der Waals surface area contributed by atoms with Crippen molar-refractivity contribution < 1.29 is 0 Å². The molecular weight excluding hydrogens is 212 g/mol. The summed E-state index contributed by atoms with van der Waals surface area (Å²) < 4.78 is 3.07. The Morgan fingerprint density at radius 2 is 2.57 bits per heavy atom. The molecule has 1 saturated heterocycles. The number of aromatic nitrogens is 2. The minimum Gasteiger partial charge on any atom is -0.337 e. The Labute approximate surface area is 92.8 Å². The molecule has 0 aliphatic carbocycles. The molecule has 0 spiro atoms. The van der Waals surface area contributed by atoms with Gasteiger partial charge in [-0.2, -0.15) is 0 Å². The lowest BCUT2D eigenvalue weighted by Crippen LogP contribution is -2.24. The van der Waals surface area contributed by atoms with Crippen LogP contribution >= 0.6 is 11.8 Å². The average Bonchev–Trinajstić information content (AvgIpc) is 2.75. The quantitative estimate of drug-likeness (QED) is 0.736. The van der Waals surface area contributed by atoms with Crippen molar-refractivity contribution in [1.82, 2.24) is 9.55 Å². The van der Waals surface area contributed by atoms with Crippen LogP contribution in [-0.4, -0.2) is 31.9 Å². The van der Waals surface area contributed by atoms with Crippen molar-refractivity contribution in [3.8, 4) is 0 Å². The third kappa shape index (κ3) is 2.28. The molecule has 2 rings (SSSR count). The molecule has 0 radical (unpaired) electrons. The minimum absolute atomic E-state index is 0.627. The molecule has 2 nitrogen and oxygen atoms in total. The van der Waals surface area contributed by atoms with E-state index in [1.165, 1.54) is 11.5 Å². The van der Waals surface area contributed by atoms with Crippen LogP contribution in [0.2, 0.25) is 0 Å². The summed E-state index contributed by atoms with van der Waals surface area (Å²) in [6, 6.07) is 0. The van der Waals surface area contributed by atoms with Crippen LogP contribution in [0.4, 0.5) is 0 Å². The molecule has 78 valence electrons. The first-order valence-electron chi connectivity index (χ1n) is 4.96. The van der Waals surface area contributed by atoms with Crippen molar-refractivity contribution in [3.05, 3.63) is 18.7 Å². The van der Waals surface area contributed by atoms with Crippen LogP contribution in [0.3, 0.4) is 0 Å². The van der Waals surface area contributed by atoms with Gasteiger partial charge in [0.05, 0.1) is 12.6 Å². The minimum atomic E-state index is 0.627. The van der Waals surface area contributed by atoms with E-state index in [4.69, 9.17) is 0 Å². The number of rotatable bonds is 3. The van der Waals surface area contributed by atoms with Gasteiger partial charge in [0.15, 0.2) is 4.58 Å². The highest BCUT2D eigenvalue weighted by molar-refractivity contribution is 8.18. The summed E-state index contributed by atoms with van der Waals surface area (Å²) in [5.41, 5.74) is 0. The first-order chi connectivity index (χ1) is 6.77. The van der Waals surface area contributed by atoms with Crippen LogP contribution in [0.25, 0.3) is 0 Å². The van der Waals surface area contributed by atoms with Gasteiger partial charge in [-0.05, 0) is 10.9 Å². The van der Waals surface area contributed by atoms with Crippen molar-refractivity contribution >= 4 is 22.7 Å². The molecule has 14 heavy (non-hydrogen) atoms. The normalized spacial score (nSPS) is 29.3. The van der Waals surface area contributed by atoms with Crippen LogP contribution in [0.1, 0.15) is 6.92 Å². The first kappa shape index (κ1) is 10.4. The van der Waals surface area contributed by atoms with Gasteiger partial charge in [-0.1, -0.05) is 6.92 Å². The molecule has 0 N–H and O–H groups in total. The average molecular weight is 229 g/mol. The molecule has 1 fully saturated rings. The largest absolute Gasteiger partial charge is 0.337 e. The van der Waals surface area contributed by atoms with E-state index in [1.54, 1.807) is 0 Å². The van der Waals surface area contributed by atoms with Gasteiger partial charge in [-0.25, -0.2) is 4.98 Å². The molecule has 0 aromatic carbocycles. The van der Waals surface area contributed by atoms with Gasteiger partial charge in [0.1, 0.15) is 5.75 Å². The Balaban J connectivity index is 1.92. The zero-order valence-corrected chi connectivity index (χ0v) is 10.4. The molecule has 1 aliphatic heterocycles. The second kappa shape index (κ2) is 4.62. The van der Waals surface area contributed by atoms with Crippen molar-refractivity contribution in [3.63, 3.8) is 0 Å². The van der Waals surface area contributed by atoms with Crippen molar-refractivity contribution in [2.24, 2.45) is 5.92 Å². The lowest BCUT2D eigenvalue weighted by molar-refractivity contribution is 0.515. The van der Waals surface area contributed by atoms with E-state index < -0.39 is 0 Å². The Bertz CT molecular complexity index is 274. The van der Waals surface area contributed by atoms with Crippen LogP contribution in [0.15, 0.2) is 18.7 Å². The summed E-state index contributed by atoms with van der Waals surface area (Å²) in [7, 11) is 0.627. The van der Waals surface area contributed by atoms with Crippen LogP contribution in [0.5, 0.6) is 0 Å². The molecule has 0 bridgehead atoms. The molecule has 0 amide bonds. The van der Waals surface area contributed by atoms with Gasteiger partial charge >= 0.3 is 0 Å². The lowest BCUT2D eigenvalue weighted by atomic mass is 10.2. The van der Waals surface area contributed by atoms with Crippen LogP contribution < -0.4 is 0 Å². The monoisotopic (exact) mass is 229 g/mol. The molecule has 2 heterocycles. The molecule has 0 saturated carbocycles. The number of nitrogens with zero attached hydrogens (tertiary/aromatic N) is 2. The third-order valence-corrected chi connectivity index (χ3v) is 7.60. The van der Waals surface area contributed by atoms with E-state index in [9.17, 15) is 0 Å². The fourth-order valence-electron chi connectivity index (χ4n) is 1.90. The number of imidazole rings is 1. The second-order valence-electron chi connectivity index (χ2n) is 3.87. The summed E-state index contributed by atoms with van der Waals surface area (Å²) in [5, 5.41) is 0. The van der Waals surface area contributed by atoms with Crippen LogP contribution in [-0.2, 0) is 17.4 Å². The summed E-state index contributed by atoms with van der Waals surface area (Å²) in [6.07, 6.45) is 8.25. The van der Waals surface area contributed by atoms with Crippen molar-refractivity contribution in [2.45, 2.75) is 18.1 Å². The van der Waals surface area contributed by atoms with Gasteiger partial charge in [0.25, 0.3) is 0 Å². The van der Waals surface area contributed by atoms with Crippen LogP contribution in [0, 0.1) is 5.92 Å². The maximum absolute atomic E-state index is 4.08. The Kier molecular flexibility index (Phi) is 3.44. The van der Waals surface area contributed by atoms with Crippen molar-refractivity contribution in [2.75, 3.05) is 17.8 Å². The van der Waals surface area contributed by atoms with Gasteiger partial charge in [-0.15, -0.1) is 11.8 Å². The van der Waals surface area contributed by atoms with E-state index in [0.29, 0.717) is 10.9 Å². The fraction of sp³-hybridized carbons (Fsp3) is 0.700. The standard InChI is InChI=1S/C10H17N2S2/c1-9(7-12-4-3-11-8-12)10-13-5-6-14(10)2/h3-4,8-10H,5-7H2,1-2H3/q+1. The second-order valence-corrected chi connectivity index (χ2v) is 7.72. The summed E-state index contributed by atoms with van der Waals surface area (Å²) >= 11 is 2.16. The molecular formula is C10H17N2S2+. The van der Waals surface area contributed by atoms with Gasteiger partial charge in [-0.3, -0.25) is 0 Å². The molecule has 4 heteroatoms. The summed E-state index contributed by atoms with van der Waals surface area (Å²) in [6.45, 7) is 3.49. The summed E-state index contributed by atoms with van der Waals surface area (Å²) in [5.74, 6) is 3.55. The Morgan fingerprint density at radius 1 is 1.71 bits per heavy atom. The van der Waals surface area contributed by atoms with Gasteiger partial charge in [0, 0.05) is 30.6 Å². The van der Waals surface area contributed by atoms with E-state index >= 15 is 0 Å². The third-order valence-electron chi connectivity index (χ3n) is 2.61. The SMILES string of the molecule is CC(Cn1ccnc1)C1SCC[S+]1C. The molecule has 3 unspecified atom stereocenters. The zero-order valence-electron chi connectivity index (χ0n) is 8.72. The number of thioether (sulfide) groups is 1. The number of hydrogen-bond acceptors (Lipinski definition) is 2. The molecule has 1 aromatic heterocycles. The van der Waals surface area contributed by atoms with Gasteiger partial charge in [0.2, 0.25) is 0 Å². The Hall–Kier alpha value is -0.0900. The maximum Gasteiger partial charge on any atom is 0.167 e. The fourth-order valence-corrected chi connectivity index (χ4v) is 6.60. The predicted octanol–water partition coefficient (Wildman–Crippen LogP) is 1.84. The Morgan fingerprint density at radius 3 is 3.14 bits per heavy atom. The van der Waals surface area contributed by atoms with E-state index in [0.717, 1.165) is 17.0 Å². The molecule has 3 atom stereocenters. The highest BCUT2D eigenvalue weighted by Crippen LogP contribution is 2.33. The molecule has 1 aliphatic rings. The van der Waals surface area contributed by atoms with Crippen molar-refractivity contribution in [1.29, 1.82) is 0 Å². The number of hydrogen-bond donors (Lipinski definition) is 0. The highest BCUT2D eigenvalue weighted by Gasteiger charge is 2.37. The maximum atomic E-state index is 4.08. The lowest BCUT2D eigenvalue weighted by Gasteiger charge is -2.16. The smallest absolute Gasteiger partial charge is 0.167 e. The topological polar surface area (TPSA) is 17.8 Å².